The number of pyridine rings is 1. The Hall–Kier alpha value is -1.13. The van der Waals surface area contributed by atoms with Crippen LogP contribution in [-0.4, -0.2) is 14.6 Å². The van der Waals surface area contributed by atoms with Crippen molar-refractivity contribution in [2.45, 2.75) is 6.54 Å². The number of nitrogens with two attached hydrogens (primary N) is 1. The molecule has 0 atom stereocenters. The van der Waals surface area contributed by atoms with Gasteiger partial charge in [0, 0.05) is 0 Å². The monoisotopic (exact) mass is 182 g/mol. The van der Waals surface area contributed by atoms with Crippen LogP contribution in [0, 0.1) is 0 Å². The molecule has 62 valence electrons. The molecule has 0 unspecified atom stereocenters. The summed E-state index contributed by atoms with van der Waals surface area (Å²) in [5.41, 5.74) is 6.11. The van der Waals surface area contributed by atoms with Gasteiger partial charge in [-0.1, -0.05) is 17.7 Å². The van der Waals surface area contributed by atoms with E-state index in [1.54, 1.807) is 10.6 Å². The van der Waals surface area contributed by atoms with E-state index in [1.165, 1.54) is 0 Å². The number of hydrogen-bond acceptors (Lipinski definition) is 3. The zero-order valence-corrected chi connectivity index (χ0v) is 6.99. The third-order valence-electron chi connectivity index (χ3n) is 1.54. The molecule has 0 aliphatic carbocycles. The van der Waals surface area contributed by atoms with E-state index in [0.717, 1.165) is 5.65 Å². The quantitative estimate of drug-likeness (QED) is 0.665. The van der Waals surface area contributed by atoms with Gasteiger partial charge in [0.1, 0.15) is 5.15 Å². The van der Waals surface area contributed by atoms with Crippen LogP contribution in [0.1, 0.15) is 5.82 Å². The number of nitrogens with zero attached hydrogens (tertiary/aromatic N) is 3. The predicted octanol–water partition coefficient (Wildman–Crippen LogP) is 0.841. The molecule has 2 rings (SSSR count). The summed E-state index contributed by atoms with van der Waals surface area (Å²) in [6.45, 7) is 0.331. The van der Waals surface area contributed by atoms with Crippen molar-refractivity contribution < 1.29 is 0 Å². The van der Waals surface area contributed by atoms with E-state index in [1.807, 2.05) is 12.1 Å². The topological polar surface area (TPSA) is 56.2 Å². The second-order valence-electron chi connectivity index (χ2n) is 2.35. The Kier molecular flexibility index (Phi) is 1.71. The van der Waals surface area contributed by atoms with Gasteiger partial charge in [0.15, 0.2) is 11.5 Å². The first-order valence-corrected chi connectivity index (χ1v) is 3.89. The number of halogens is 1. The molecule has 2 aromatic rings. The standard InChI is InChI=1S/C7H7ClN4/c8-5-2-1-3-7-10-6(4-9)11-12(5)7/h1-3H,4,9H2. The van der Waals surface area contributed by atoms with Gasteiger partial charge in [-0.05, 0) is 12.1 Å². The molecule has 0 spiro atoms. The highest BCUT2D eigenvalue weighted by Gasteiger charge is 2.02. The summed E-state index contributed by atoms with van der Waals surface area (Å²) < 4.78 is 1.56. The van der Waals surface area contributed by atoms with Crippen LogP contribution in [0.2, 0.25) is 5.15 Å². The molecule has 0 radical (unpaired) electrons. The summed E-state index contributed by atoms with van der Waals surface area (Å²) in [4.78, 5) is 4.13. The molecule has 5 heteroatoms. The van der Waals surface area contributed by atoms with Crippen molar-refractivity contribution in [3.63, 3.8) is 0 Å². The third kappa shape index (κ3) is 1.05. The van der Waals surface area contributed by atoms with Gasteiger partial charge in [-0.25, -0.2) is 9.50 Å². The smallest absolute Gasteiger partial charge is 0.165 e. The van der Waals surface area contributed by atoms with Gasteiger partial charge in [0.05, 0.1) is 6.54 Å². The lowest BCUT2D eigenvalue weighted by molar-refractivity contribution is 0.869. The average Bonchev–Trinajstić information content (AvgIpc) is 2.49. The van der Waals surface area contributed by atoms with Gasteiger partial charge in [-0.3, -0.25) is 0 Å². The van der Waals surface area contributed by atoms with Crippen molar-refractivity contribution in [3.05, 3.63) is 29.2 Å². The summed E-state index contributed by atoms with van der Waals surface area (Å²) in [6, 6.07) is 5.41. The molecule has 0 aliphatic heterocycles. The lowest BCUT2D eigenvalue weighted by atomic mass is 10.5. The minimum Gasteiger partial charge on any atom is -0.324 e. The van der Waals surface area contributed by atoms with Crippen LogP contribution in [0.15, 0.2) is 18.2 Å². The number of rotatable bonds is 1. The van der Waals surface area contributed by atoms with Crippen LogP contribution in [-0.2, 0) is 6.54 Å². The van der Waals surface area contributed by atoms with E-state index < -0.39 is 0 Å². The molecular weight excluding hydrogens is 176 g/mol. The maximum absolute atomic E-state index is 5.85. The highest BCUT2D eigenvalue weighted by molar-refractivity contribution is 6.29. The first kappa shape index (κ1) is 7.52. The summed E-state index contributed by atoms with van der Waals surface area (Å²) in [5.74, 6) is 0.600. The Morgan fingerprint density at radius 1 is 1.50 bits per heavy atom. The first-order valence-electron chi connectivity index (χ1n) is 3.51. The molecular formula is C7H7ClN4. The highest BCUT2D eigenvalue weighted by atomic mass is 35.5. The van der Waals surface area contributed by atoms with E-state index in [9.17, 15) is 0 Å². The van der Waals surface area contributed by atoms with Crippen molar-refractivity contribution in [2.75, 3.05) is 0 Å². The molecule has 4 nitrogen and oxygen atoms in total. The zero-order chi connectivity index (χ0) is 8.55. The molecule has 0 bridgehead atoms. The fraction of sp³-hybridized carbons (Fsp3) is 0.143. The van der Waals surface area contributed by atoms with Crippen LogP contribution < -0.4 is 5.73 Å². The van der Waals surface area contributed by atoms with E-state index in [0.29, 0.717) is 17.5 Å². The van der Waals surface area contributed by atoms with Gasteiger partial charge in [0.25, 0.3) is 0 Å². The zero-order valence-electron chi connectivity index (χ0n) is 6.24. The maximum Gasteiger partial charge on any atom is 0.165 e. The SMILES string of the molecule is NCc1nc2cccc(Cl)n2n1. The van der Waals surface area contributed by atoms with Crippen LogP contribution in [0.25, 0.3) is 5.65 Å². The van der Waals surface area contributed by atoms with E-state index >= 15 is 0 Å². The lowest BCUT2D eigenvalue weighted by Gasteiger charge is -1.91. The average molecular weight is 183 g/mol. The Morgan fingerprint density at radius 2 is 2.33 bits per heavy atom. The van der Waals surface area contributed by atoms with Crippen LogP contribution in [0.5, 0.6) is 0 Å². The minimum atomic E-state index is 0.331. The van der Waals surface area contributed by atoms with Crippen LogP contribution in [0.3, 0.4) is 0 Å². The molecule has 0 saturated heterocycles. The molecule has 0 saturated carbocycles. The predicted molar refractivity (Wildman–Crippen MR) is 45.9 cm³/mol. The first-order chi connectivity index (χ1) is 5.81. The fourth-order valence-electron chi connectivity index (χ4n) is 1.00. The highest BCUT2D eigenvalue weighted by Crippen LogP contribution is 2.09. The van der Waals surface area contributed by atoms with Crippen LogP contribution >= 0.6 is 11.6 Å². The Labute approximate surface area is 74.0 Å². The molecule has 2 N–H and O–H groups in total. The van der Waals surface area contributed by atoms with Crippen molar-refractivity contribution in [3.8, 4) is 0 Å². The fourth-order valence-corrected chi connectivity index (χ4v) is 1.20. The molecule has 0 amide bonds. The summed E-state index contributed by atoms with van der Waals surface area (Å²) >= 11 is 5.85. The van der Waals surface area contributed by atoms with Crippen LogP contribution in [0.4, 0.5) is 0 Å². The molecule has 0 aliphatic rings. The normalized spacial score (nSPS) is 10.8. The van der Waals surface area contributed by atoms with Gasteiger partial charge in [-0.15, -0.1) is 5.10 Å². The maximum atomic E-state index is 5.85. The second-order valence-corrected chi connectivity index (χ2v) is 2.74. The van der Waals surface area contributed by atoms with Crippen molar-refractivity contribution >= 4 is 17.2 Å². The third-order valence-corrected chi connectivity index (χ3v) is 1.83. The largest absolute Gasteiger partial charge is 0.324 e. The van der Waals surface area contributed by atoms with Gasteiger partial charge in [-0.2, -0.15) is 0 Å². The van der Waals surface area contributed by atoms with Gasteiger partial charge in [0.2, 0.25) is 0 Å². The summed E-state index contributed by atoms with van der Waals surface area (Å²) in [5, 5.41) is 4.62. The number of aromatic nitrogens is 3. The molecule has 12 heavy (non-hydrogen) atoms. The molecule has 2 aromatic heterocycles. The van der Waals surface area contributed by atoms with E-state index in [4.69, 9.17) is 17.3 Å². The Bertz CT molecular complexity index is 409. The summed E-state index contributed by atoms with van der Waals surface area (Å²) in [7, 11) is 0. The number of fused-ring (bicyclic) bond motifs is 1. The van der Waals surface area contributed by atoms with E-state index in [2.05, 4.69) is 10.1 Å². The molecule has 0 aromatic carbocycles. The summed E-state index contributed by atoms with van der Waals surface area (Å²) in [6.07, 6.45) is 0. The van der Waals surface area contributed by atoms with Crippen molar-refractivity contribution in [2.24, 2.45) is 5.73 Å². The van der Waals surface area contributed by atoms with Gasteiger partial charge < -0.3 is 5.73 Å². The molecule has 2 heterocycles. The lowest BCUT2D eigenvalue weighted by Crippen LogP contribution is -1.98. The Morgan fingerprint density at radius 3 is 3.00 bits per heavy atom. The van der Waals surface area contributed by atoms with E-state index in [-0.39, 0.29) is 0 Å². The van der Waals surface area contributed by atoms with Crippen molar-refractivity contribution in [1.29, 1.82) is 0 Å². The van der Waals surface area contributed by atoms with Gasteiger partial charge >= 0.3 is 0 Å². The number of hydrogen-bond donors (Lipinski definition) is 1. The Balaban J connectivity index is 2.74. The van der Waals surface area contributed by atoms with Crippen molar-refractivity contribution in [1.82, 2.24) is 14.6 Å². The molecule has 0 fully saturated rings. The second kappa shape index (κ2) is 2.73. The minimum absolute atomic E-state index is 0.331.